The zero-order valence-corrected chi connectivity index (χ0v) is 16.4. The topological polar surface area (TPSA) is 51.9 Å². The van der Waals surface area contributed by atoms with Crippen molar-refractivity contribution in [2.24, 2.45) is 0 Å². The Hall–Kier alpha value is -2.31. The van der Waals surface area contributed by atoms with Gasteiger partial charge in [0.1, 0.15) is 11.3 Å². The predicted octanol–water partition coefficient (Wildman–Crippen LogP) is 4.63. The number of nitrogens with zero attached hydrogens (tertiary/aromatic N) is 1. The molecule has 1 aliphatic heterocycles. The second-order valence-corrected chi connectivity index (χ2v) is 7.85. The van der Waals surface area contributed by atoms with E-state index < -0.39 is 0 Å². The molecule has 1 fully saturated rings. The molecule has 0 unspecified atom stereocenters. The Morgan fingerprint density at radius 1 is 1.37 bits per heavy atom. The summed E-state index contributed by atoms with van der Waals surface area (Å²) >= 11 is 1.65. The average Bonchev–Trinajstić information content (AvgIpc) is 3.43. The number of ether oxygens (including phenoxy) is 2. The smallest absolute Gasteiger partial charge is 0.290 e. The van der Waals surface area contributed by atoms with Crippen LogP contribution in [0.15, 0.2) is 40.1 Å². The first-order valence-electron chi connectivity index (χ1n) is 9.16. The summed E-state index contributed by atoms with van der Waals surface area (Å²) in [4.78, 5) is 16.4. The van der Waals surface area contributed by atoms with Crippen molar-refractivity contribution in [2.75, 3.05) is 20.3 Å². The molecule has 1 aromatic carbocycles. The number of thiophene rings is 1. The molecule has 0 radical (unpaired) electrons. The molecule has 0 bridgehead atoms. The van der Waals surface area contributed by atoms with Gasteiger partial charge in [-0.3, -0.25) is 4.79 Å². The lowest BCUT2D eigenvalue weighted by Gasteiger charge is -2.24. The Bertz CT molecular complexity index is 925. The van der Waals surface area contributed by atoms with Gasteiger partial charge in [0.05, 0.1) is 19.8 Å². The van der Waals surface area contributed by atoms with Crippen LogP contribution in [0.5, 0.6) is 5.75 Å². The number of carbonyl (C=O) groups is 1. The Morgan fingerprint density at radius 3 is 2.96 bits per heavy atom. The fourth-order valence-corrected chi connectivity index (χ4v) is 4.24. The van der Waals surface area contributed by atoms with Gasteiger partial charge in [-0.1, -0.05) is 6.07 Å². The van der Waals surface area contributed by atoms with Crippen LogP contribution in [0.4, 0.5) is 0 Å². The van der Waals surface area contributed by atoms with Crippen molar-refractivity contribution in [1.29, 1.82) is 0 Å². The van der Waals surface area contributed by atoms with Crippen LogP contribution in [-0.2, 0) is 11.3 Å². The molecule has 27 heavy (non-hydrogen) atoms. The van der Waals surface area contributed by atoms with Crippen molar-refractivity contribution in [3.63, 3.8) is 0 Å². The van der Waals surface area contributed by atoms with E-state index in [4.69, 9.17) is 13.9 Å². The highest BCUT2D eigenvalue weighted by atomic mass is 32.1. The van der Waals surface area contributed by atoms with E-state index in [0.29, 0.717) is 24.4 Å². The molecular formula is C21H23NO4S. The number of amides is 1. The summed E-state index contributed by atoms with van der Waals surface area (Å²) in [6, 6.07) is 9.66. The Labute approximate surface area is 162 Å². The van der Waals surface area contributed by atoms with Gasteiger partial charge >= 0.3 is 0 Å². The second-order valence-electron chi connectivity index (χ2n) is 6.82. The van der Waals surface area contributed by atoms with Gasteiger partial charge in [0.2, 0.25) is 0 Å². The van der Waals surface area contributed by atoms with Crippen LogP contribution in [0.2, 0.25) is 0 Å². The van der Waals surface area contributed by atoms with Gasteiger partial charge in [0, 0.05) is 29.0 Å². The van der Waals surface area contributed by atoms with Gasteiger partial charge < -0.3 is 18.8 Å². The summed E-state index contributed by atoms with van der Waals surface area (Å²) in [7, 11) is 1.63. The van der Waals surface area contributed by atoms with Crippen molar-refractivity contribution >= 4 is 28.2 Å². The molecular weight excluding hydrogens is 362 g/mol. The Kier molecular flexibility index (Phi) is 5.18. The van der Waals surface area contributed by atoms with E-state index >= 15 is 0 Å². The van der Waals surface area contributed by atoms with Gasteiger partial charge in [-0.05, 0) is 49.4 Å². The first-order valence-corrected chi connectivity index (χ1v) is 10.0. The molecule has 1 aliphatic rings. The fraction of sp³-hybridized carbons (Fsp3) is 0.381. The van der Waals surface area contributed by atoms with Crippen LogP contribution in [-0.4, -0.2) is 37.2 Å². The zero-order valence-electron chi connectivity index (χ0n) is 15.6. The van der Waals surface area contributed by atoms with E-state index in [9.17, 15) is 4.79 Å². The Morgan fingerprint density at radius 2 is 2.26 bits per heavy atom. The van der Waals surface area contributed by atoms with Crippen molar-refractivity contribution in [3.8, 4) is 5.75 Å². The SMILES string of the molecule is COc1ccc2oc(C(=O)N(Cc3cccs3)C[C@@H]3CCCO3)c(C)c2c1. The van der Waals surface area contributed by atoms with Crippen LogP contribution >= 0.6 is 11.3 Å². The minimum atomic E-state index is -0.0911. The minimum absolute atomic E-state index is 0.0911. The largest absolute Gasteiger partial charge is 0.497 e. The van der Waals surface area contributed by atoms with Crippen LogP contribution in [0, 0.1) is 6.92 Å². The van der Waals surface area contributed by atoms with E-state index in [1.54, 1.807) is 18.4 Å². The third-order valence-corrected chi connectivity index (χ3v) is 5.86. The molecule has 2 aromatic heterocycles. The zero-order chi connectivity index (χ0) is 18.8. The quantitative estimate of drug-likeness (QED) is 0.621. The fourth-order valence-electron chi connectivity index (χ4n) is 3.52. The number of methoxy groups -OCH3 is 1. The lowest BCUT2D eigenvalue weighted by molar-refractivity contribution is 0.0487. The molecule has 0 saturated carbocycles. The van der Waals surface area contributed by atoms with Crippen molar-refractivity contribution in [2.45, 2.75) is 32.4 Å². The lowest BCUT2D eigenvalue weighted by atomic mass is 10.1. The van der Waals surface area contributed by atoms with Crippen molar-refractivity contribution < 1.29 is 18.7 Å². The summed E-state index contributed by atoms with van der Waals surface area (Å²) in [6.45, 7) is 3.84. The monoisotopic (exact) mass is 385 g/mol. The molecule has 1 amide bonds. The van der Waals surface area contributed by atoms with E-state index in [1.165, 1.54) is 0 Å². The number of fused-ring (bicyclic) bond motifs is 1. The predicted molar refractivity (Wildman–Crippen MR) is 106 cm³/mol. The summed E-state index contributed by atoms with van der Waals surface area (Å²) in [5.41, 5.74) is 1.54. The van der Waals surface area contributed by atoms with Crippen molar-refractivity contribution in [1.82, 2.24) is 4.90 Å². The standard InChI is InChI=1S/C21H23NO4S/c1-14-18-11-15(24-2)7-8-19(18)26-20(14)21(23)22(12-16-5-3-9-25-16)13-17-6-4-10-27-17/h4,6-8,10-11,16H,3,5,9,12-13H2,1-2H3/t16-/m0/s1. The van der Waals surface area contributed by atoms with Crippen LogP contribution in [0.25, 0.3) is 11.0 Å². The Balaban J connectivity index is 1.65. The molecule has 1 atom stereocenters. The van der Waals surface area contributed by atoms with Gasteiger partial charge in [-0.2, -0.15) is 0 Å². The van der Waals surface area contributed by atoms with Crippen molar-refractivity contribution in [3.05, 3.63) is 51.9 Å². The third-order valence-electron chi connectivity index (χ3n) is 5.00. The van der Waals surface area contributed by atoms with Crippen LogP contribution in [0.1, 0.15) is 33.8 Å². The summed E-state index contributed by atoms with van der Waals surface area (Å²) in [5, 5.41) is 2.94. The van der Waals surface area contributed by atoms with E-state index in [2.05, 4.69) is 6.07 Å². The molecule has 0 aliphatic carbocycles. The molecule has 0 N–H and O–H groups in total. The normalized spacial score (nSPS) is 16.7. The van der Waals surface area contributed by atoms with E-state index in [0.717, 1.165) is 41.0 Å². The molecule has 3 heterocycles. The lowest BCUT2D eigenvalue weighted by Crippen LogP contribution is -2.36. The number of aryl methyl sites for hydroxylation is 1. The number of carbonyl (C=O) groups excluding carboxylic acids is 1. The maximum absolute atomic E-state index is 13.4. The van der Waals surface area contributed by atoms with Gasteiger partial charge in [-0.25, -0.2) is 0 Å². The maximum atomic E-state index is 13.4. The summed E-state index contributed by atoms with van der Waals surface area (Å²) in [6.07, 6.45) is 2.14. The third kappa shape index (κ3) is 3.73. The second kappa shape index (κ2) is 7.74. The van der Waals surface area contributed by atoms with E-state index in [-0.39, 0.29) is 12.0 Å². The summed E-state index contributed by atoms with van der Waals surface area (Å²) in [5.74, 6) is 1.06. The number of furan rings is 1. The highest BCUT2D eigenvalue weighted by Crippen LogP contribution is 2.30. The number of rotatable bonds is 6. The number of hydrogen-bond acceptors (Lipinski definition) is 5. The molecule has 4 rings (SSSR count). The minimum Gasteiger partial charge on any atom is -0.497 e. The molecule has 6 heteroatoms. The van der Waals surface area contributed by atoms with Crippen LogP contribution in [0.3, 0.4) is 0 Å². The molecule has 142 valence electrons. The maximum Gasteiger partial charge on any atom is 0.290 e. The highest BCUT2D eigenvalue weighted by Gasteiger charge is 2.27. The first kappa shape index (κ1) is 18.1. The highest BCUT2D eigenvalue weighted by molar-refractivity contribution is 7.09. The molecule has 5 nitrogen and oxygen atoms in total. The number of hydrogen-bond donors (Lipinski definition) is 0. The van der Waals surface area contributed by atoms with Gasteiger partial charge in [-0.15, -0.1) is 11.3 Å². The average molecular weight is 385 g/mol. The van der Waals surface area contributed by atoms with E-state index in [1.807, 2.05) is 41.5 Å². The molecule has 0 spiro atoms. The molecule has 3 aromatic rings. The van der Waals surface area contributed by atoms with Crippen LogP contribution < -0.4 is 4.74 Å². The first-order chi connectivity index (χ1) is 13.2. The summed E-state index contributed by atoms with van der Waals surface area (Å²) < 4.78 is 17.0. The van der Waals surface area contributed by atoms with Gasteiger partial charge in [0.25, 0.3) is 5.91 Å². The number of benzene rings is 1. The van der Waals surface area contributed by atoms with Gasteiger partial charge in [0.15, 0.2) is 5.76 Å². The molecule has 1 saturated heterocycles.